The van der Waals surface area contributed by atoms with Crippen molar-refractivity contribution in [3.8, 4) is 5.75 Å². The van der Waals surface area contributed by atoms with Crippen molar-refractivity contribution in [3.63, 3.8) is 0 Å². The summed E-state index contributed by atoms with van der Waals surface area (Å²) in [4.78, 5) is 1.32. The molecule has 18 heavy (non-hydrogen) atoms. The number of likely N-dealkylation sites (N-methyl/N-ethyl adjacent to an activating group) is 1. The third-order valence-corrected chi connectivity index (χ3v) is 4.86. The van der Waals surface area contributed by atoms with Gasteiger partial charge in [-0.3, -0.25) is 0 Å². The van der Waals surface area contributed by atoms with Crippen LogP contribution in [0.1, 0.15) is 16.5 Å². The number of hydrogen-bond acceptors (Lipinski definition) is 4. The minimum Gasteiger partial charge on any atom is -0.506 e. The van der Waals surface area contributed by atoms with Crippen molar-refractivity contribution >= 4 is 33.0 Å². The molecule has 0 amide bonds. The normalized spacial score (nSPS) is 19.1. The molecule has 5 heteroatoms. The first-order chi connectivity index (χ1) is 8.72. The van der Waals surface area contributed by atoms with Gasteiger partial charge in [-0.2, -0.15) is 0 Å². The van der Waals surface area contributed by atoms with E-state index in [4.69, 9.17) is 16.3 Å². The lowest BCUT2D eigenvalue weighted by atomic mass is 10.0. The van der Waals surface area contributed by atoms with Crippen LogP contribution in [0.3, 0.4) is 0 Å². The summed E-state index contributed by atoms with van der Waals surface area (Å²) in [7, 11) is 1.91. The molecular weight excluding hydrogens is 270 g/mol. The minimum atomic E-state index is 0.0202. The summed E-state index contributed by atoms with van der Waals surface area (Å²) in [5, 5.41) is 14.3. The average Bonchev–Trinajstić information content (AvgIpc) is 2.74. The van der Waals surface area contributed by atoms with Crippen molar-refractivity contribution in [2.45, 2.75) is 12.5 Å². The van der Waals surface area contributed by atoms with Gasteiger partial charge in [-0.15, -0.1) is 11.3 Å². The zero-order valence-corrected chi connectivity index (χ0v) is 11.6. The van der Waals surface area contributed by atoms with Gasteiger partial charge >= 0.3 is 0 Å². The lowest BCUT2D eigenvalue weighted by molar-refractivity contribution is 0.0462. The third-order valence-electron chi connectivity index (χ3n) is 3.25. The first kappa shape index (κ1) is 12.2. The SMILES string of the molecule is CNCC1OCCc2sc3ccc(O)c(Cl)c3c21. The van der Waals surface area contributed by atoms with Crippen molar-refractivity contribution in [1.82, 2.24) is 5.32 Å². The molecule has 0 fully saturated rings. The molecule has 1 unspecified atom stereocenters. The molecule has 0 aliphatic carbocycles. The number of nitrogens with one attached hydrogen (secondary N) is 1. The van der Waals surface area contributed by atoms with Gasteiger partial charge in [-0.1, -0.05) is 11.6 Å². The molecule has 2 aromatic rings. The molecule has 0 saturated heterocycles. The quantitative estimate of drug-likeness (QED) is 0.890. The summed E-state index contributed by atoms with van der Waals surface area (Å²) in [5.74, 6) is 0.138. The number of aromatic hydroxyl groups is 1. The van der Waals surface area contributed by atoms with E-state index < -0.39 is 0 Å². The zero-order chi connectivity index (χ0) is 12.7. The second-order valence-electron chi connectivity index (χ2n) is 4.38. The number of ether oxygens (including phenoxy) is 1. The minimum absolute atomic E-state index is 0.0202. The van der Waals surface area contributed by atoms with E-state index in [1.807, 2.05) is 13.1 Å². The first-order valence-corrected chi connectivity index (χ1v) is 7.10. The van der Waals surface area contributed by atoms with Crippen LogP contribution in [0.25, 0.3) is 10.1 Å². The Labute approximate surface area is 114 Å². The Balaban J connectivity index is 2.25. The molecular formula is C13H14ClNO2S. The van der Waals surface area contributed by atoms with Gasteiger partial charge in [0.1, 0.15) is 5.75 Å². The highest BCUT2D eigenvalue weighted by Crippen LogP contribution is 2.45. The van der Waals surface area contributed by atoms with Crippen LogP contribution in [0.15, 0.2) is 12.1 Å². The number of fused-ring (bicyclic) bond motifs is 3. The Morgan fingerprint density at radius 3 is 3.17 bits per heavy atom. The van der Waals surface area contributed by atoms with Gasteiger partial charge < -0.3 is 15.2 Å². The number of phenolic OH excluding ortho intramolecular Hbond substituents is 1. The maximum Gasteiger partial charge on any atom is 0.134 e. The molecule has 1 aliphatic rings. The molecule has 3 nitrogen and oxygen atoms in total. The van der Waals surface area contributed by atoms with E-state index in [0.29, 0.717) is 5.02 Å². The van der Waals surface area contributed by atoms with Crippen LogP contribution in [0.2, 0.25) is 5.02 Å². The van der Waals surface area contributed by atoms with Crippen molar-refractivity contribution in [1.29, 1.82) is 0 Å². The predicted octanol–water partition coefficient (Wildman–Crippen LogP) is 3.09. The predicted molar refractivity (Wildman–Crippen MR) is 74.8 cm³/mol. The molecule has 0 spiro atoms. The highest BCUT2D eigenvalue weighted by Gasteiger charge is 2.27. The largest absolute Gasteiger partial charge is 0.506 e. The summed E-state index contributed by atoms with van der Waals surface area (Å²) in [6.45, 7) is 1.50. The highest BCUT2D eigenvalue weighted by molar-refractivity contribution is 7.19. The van der Waals surface area contributed by atoms with Gasteiger partial charge in [0.2, 0.25) is 0 Å². The van der Waals surface area contributed by atoms with Gasteiger partial charge in [0.15, 0.2) is 0 Å². The van der Waals surface area contributed by atoms with E-state index in [2.05, 4.69) is 5.32 Å². The Kier molecular flexibility index (Phi) is 3.20. The molecule has 3 rings (SSSR count). The molecule has 2 N–H and O–H groups in total. The molecule has 2 heterocycles. The Morgan fingerprint density at radius 2 is 2.39 bits per heavy atom. The smallest absolute Gasteiger partial charge is 0.134 e. The molecule has 0 saturated carbocycles. The van der Waals surface area contributed by atoms with Crippen molar-refractivity contribution < 1.29 is 9.84 Å². The molecule has 96 valence electrons. The summed E-state index contributed by atoms with van der Waals surface area (Å²) in [6.07, 6.45) is 0.943. The maximum atomic E-state index is 9.77. The fourth-order valence-corrected chi connectivity index (χ4v) is 4.03. The molecule has 1 aromatic heterocycles. The van der Waals surface area contributed by atoms with Crippen molar-refractivity contribution in [2.24, 2.45) is 0 Å². The number of hydrogen-bond donors (Lipinski definition) is 2. The second kappa shape index (κ2) is 4.70. The monoisotopic (exact) mass is 283 g/mol. The van der Waals surface area contributed by atoms with E-state index in [-0.39, 0.29) is 11.9 Å². The van der Waals surface area contributed by atoms with Gasteiger partial charge in [0, 0.05) is 33.5 Å². The van der Waals surface area contributed by atoms with Gasteiger partial charge in [0.25, 0.3) is 0 Å². The summed E-state index contributed by atoms with van der Waals surface area (Å²) < 4.78 is 6.93. The Hall–Kier alpha value is -0.810. The standard InChI is InChI=1S/C13H14ClNO2S/c1-15-6-8-11-10(4-5-17-8)18-9-3-2-7(16)13(14)12(9)11/h2-3,8,15-16H,4-6H2,1H3. The van der Waals surface area contributed by atoms with Gasteiger partial charge in [0.05, 0.1) is 17.7 Å². The number of thiophene rings is 1. The molecule has 1 aromatic carbocycles. The molecule has 1 atom stereocenters. The maximum absolute atomic E-state index is 9.77. The van der Waals surface area contributed by atoms with Crippen molar-refractivity contribution in [3.05, 3.63) is 27.6 Å². The van der Waals surface area contributed by atoms with Crippen LogP contribution in [-0.4, -0.2) is 25.3 Å². The van der Waals surface area contributed by atoms with Crippen LogP contribution in [-0.2, 0) is 11.2 Å². The first-order valence-electron chi connectivity index (χ1n) is 5.91. The molecule has 1 aliphatic heterocycles. The number of rotatable bonds is 2. The van der Waals surface area contributed by atoms with E-state index in [9.17, 15) is 5.11 Å². The lowest BCUT2D eigenvalue weighted by Crippen LogP contribution is -2.24. The van der Waals surface area contributed by atoms with Crippen LogP contribution in [0.4, 0.5) is 0 Å². The van der Waals surface area contributed by atoms with E-state index in [0.717, 1.165) is 35.2 Å². The van der Waals surface area contributed by atoms with Gasteiger partial charge in [-0.05, 0) is 19.2 Å². The van der Waals surface area contributed by atoms with Crippen molar-refractivity contribution in [2.75, 3.05) is 20.2 Å². The third kappa shape index (κ3) is 1.80. The van der Waals surface area contributed by atoms with E-state index in [1.54, 1.807) is 17.4 Å². The van der Waals surface area contributed by atoms with E-state index >= 15 is 0 Å². The van der Waals surface area contributed by atoms with Crippen LogP contribution in [0.5, 0.6) is 5.75 Å². The second-order valence-corrected chi connectivity index (χ2v) is 5.89. The summed E-state index contributed by atoms with van der Waals surface area (Å²) in [6, 6.07) is 3.58. The number of phenols is 1. The Morgan fingerprint density at radius 1 is 1.56 bits per heavy atom. The number of halogens is 1. The number of benzene rings is 1. The Bertz CT molecular complexity index is 596. The fraction of sp³-hybridized carbons (Fsp3) is 0.385. The highest BCUT2D eigenvalue weighted by atomic mass is 35.5. The summed E-state index contributed by atoms with van der Waals surface area (Å²) in [5.41, 5.74) is 1.15. The molecule has 0 radical (unpaired) electrons. The zero-order valence-electron chi connectivity index (χ0n) is 10.00. The lowest BCUT2D eigenvalue weighted by Gasteiger charge is -2.23. The molecule has 0 bridgehead atoms. The average molecular weight is 284 g/mol. The summed E-state index contributed by atoms with van der Waals surface area (Å²) >= 11 is 8.00. The topological polar surface area (TPSA) is 41.5 Å². The van der Waals surface area contributed by atoms with E-state index in [1.165, 1.54) is 4.88 Å². The van der Waals surface area contributed by atoms with Crippen LogP contribution >= 0.6 is 22.9 Å². The van der Waals surface area contributed by atoms with Gasteiger partial charge in [-0.25, -0.2) is 0 Å². The van der Waals surface area contributed by atoms with Crippen LogP contribution < -0.4 is 5.32 Å². The fourth-order valence-electron chi connectivity index (χ4n) is 2.46. The van der Waals surface area contributed by atoms with Crippen LogP contribution in [0, 0.1) is 0 Å².